The molecule has 0 unspecified atom stereocenters. The zero-order chi connectivity index (χ0) is 20.1. The van der Waals surface area contributed by atoms with Crippen LogP contribution in [0.1, 0.15) is 45.0 Å². The molecule has 0 radical (unpaired) electrons. The molecule has 2 aromatic carbocycles. The molecule has 3 rings (SSSR count). The standard InChI is InChI=1S/C23H27N3O2/c1-16(15-23(2,3)17-9-5-4-6-10-17)24-21(27)14-13-20-25-19-12-8-7-11-18(19)22(28)26-20/h4-12,16H,13-15H2,1-3H3,(H,24,27)(H,25,26,28)/t16-/m1/s1. The summed E-state index contributed by atoms with van der Waals surface area (Å²) in [5, 5.41) is 3.63. The van der Waals surface area contributed by atoms with E-state index in [1.807, 2.05) is 43.3 Å². The second-order valence-corrected chi connectivity index (χ2v) is 7.95. The molecule has 1 aromatic heterocycles. The number of hydrogen-bond acceptors (Lipinski definition) is 3. The van der Waals surface area contributed by atoms with Gasteiger partial charge in [0.15, 0.2) is 0 Å². The molecular formula is C23H27N3O2. The normalized spacial score (nSPS) is 12.7. The van der Waals surface area contributed by atoms with Crippen LogP contribution in [0.4, 0.5) is 0 Å². The Morgan fingerprint density at radius 3 is 2.54 bits per heavy atom. The first-order valence-corrected chi connectivity index (χ1v) is 9.68. The molecule has 0 saturated heterocycles. The minimum absolute atomic E-state index is 0.0287. The molecule has 0 spiro atoms. The number of fused-ring (bicyclic) bond motifs is 1. The number of para-hydroxylation sites is 1. The largest absolute Gasteiger partial charge is 0.354 e. The Balaban J connectivity index is 1.56. The molecule has 0 aliphatic rings. The molecule has 2 N–H and O–H groups in total. The number of aryl methyl sites for hydroxylation is 1. The van der Waals surface area contributed by atoms with Gasteiger partial charge in [0.2, 0.25) is 5.91 Å². The van der Waals surface area contributed by atoms with Gasteiger partial charge in [-0.05, 0) is 36.5 Å². The van der Waals surface area contributed by atoms with Crippen LogP contribution in [-0.2, 0) is 16.6 Å². The molecule has 0 bridgehead atoms. The van der Waals surface area contributed by atoms with E-state index in [0.717, 1.165) is 6.42 Å². The zero-order valence-electron chi connectivity index (χ0n) is 16.7. The van der Waals surface area contributed by atoms with Crippen molar-refractivity contribution in [3.05, 3.63) is 76.3 Å². The van der Waals surface area contributed by atoms with Crippen molar-refractivity contribution in [3.8, 4) is 0 Å². The van der Waals surface area contributed by atoms with Gasteiger partial charge in [0.25, 0.3) is 5.56 Å². The molecular weight excluding hydrogens is 350 g/mol. The Bertz CT molecular complexity index is 1010. The summed E-state index contributed by atoms with van der Waals surface area (Å²) in [6, 6.07) is 17.6. The topological polar surface area (TPSA) is 74.8 Å². The highest BCUT2D eigenvalue weighted by Crippen LogP contribution is 2.28. The van der Waals surface area contributed by atoms with Gasteiger partial charge >= 0.3 is 0 Å². The minimum Gasteiger partial charge on any atom is -0.354 e. The second kappa shape index (κ2) is 8.38. The summed E-state index contributed by atoms with van der Waals surface area (Å²) in [4.78, 5) is 31.7. The summed E-state index contributed by atoms with van der Waals surface area (Å²) in [5.74, 6) is 0.503. The predicted molar refractivity (Wildman–Crippen MR) is 112 cm³/mol. The quantitative estimate of drug-likeness (QED) is 0.659. The predicted octanol–water partition coefficient (Wildman–Crippen LogP) is 3.73. The maximum absolute atomic E-state index is 12.4. The van der Waals surface area contributed by atoms with Gasteiger partial charge in [-0.1, -0.05) is 56.3 Å². The van der Waals surface area contributed by atoms with Crippen molar-refractivity contribution < 1.29 is 4.79 Å². The molecule has 0 aliphatic carbocycles. The fourth-order valence-electron chi connectivity index (χ4n) is 3.66. The van der Waals surface area contributed by atoms with E-state index < -0.39 is 0 Å². The maximum atomic E-state index is 12.4. The van der Waals surface area contributed by atoms with E-state index in [0.29, 0.717) is 23.1 Å². The first kappa shape index (κ1) is 19.8. The third-order valence-corrected chi connectivity index (χ3v) is 5.03. The molecule has 3 aromatic rings. The smallest absolute Gasteiger partial charge is 0.258 e. The van der Waals surface area contributed by atoms with E-state index in [4.69, 9.17) is 0 Å². The van der Waals surface area contributed by atoms with E-state index >= 15 is 0 Å². The van der Waals surface area contributed by atoms with Crippen molar-refractivity contribution in [2.45, 2.75) is 51.5 Å². The van der Waals surface area contributed by atoms with Crippen LogP contribution >= 0.6 is 0 Å². The van der Waals surface area contributed by atoms with Gasteiger partial charge in [-0.3, -0.25) is 9.59 Å². The van der Waals surface area contributed by atoms with Gasteiger partial charge in [0, 0.05) is 18.9 Å². The lowest BCUT2D eigenvalue weighted by Crippen LogP contribution is -2.37. The van der Waals surface area contributed by atoms with Crippen LogP contribution in [0.2, 0.25) is 0 Å². The number of carbonyl (C=O) groups is 1. The number of hydrogen-bond donors (Lipinski definition) is 2. The minimum atomic E-state index is -0.168. The number of amides is 1. The molecule has 1 amide bonds. The van der Waals surface area contributed by atoms with Crippen molar-refractivity contribution in [2.24, 2.45) is 0 Å². The number of nitrogens with zero attached hydrogens (tertiary/aromatic N) is 1. The summed E-state index contributed by atoms with van der Waals surface area (Å²) >= 11 is 0. The fraction of sp³-hybridized carbons (Fsp3) is 0.348. The zero-order valence-corrected chi connectivity index (χ0v) is 16.7. The third-order valence-electron chi connectivity index (χ3n) is 5.03. The van der Waals surface area contributed by atoms with Crippen LogP contribution in [0, 0.1) is 0 Å². The number of H-pyrrole nitrogens is 1. The first-order chi connectivity index (χ1) is 13.3. The van der Waals surface area contributed by atoms with Crippen LogP contribution in [0.5, 0.6) is 0 Å². The van der Waals surface area contributed by atoms with Crippen molar-refractivity contribution in [1.29, 1.82) is 0 Å². The van der Waals surface area contributed by atoms with Crippen LogP contribution in [0.25, 0.3) is 10.9 Å². The Kier molecular flexibility index (Phi) is 5.93. The number of aromatic amines is 1. The van der Waals surface area contributed by atoms with Crippen molar-refractivity contribution in [3.63, 3.8) is 0 Å². The number of carbonyl (C=O) groups excluding carboxylic acids is 1. The summed E-state index contributed by atoms with van der Waals surface area (Å²) in [6.45, 7) is 6.40. The Morgan fingerprint density at radius 1 is 1.11 bits per heavy atom. The molecule has 5 heteroatoms. The monoisotopic (exact) mass is 377 g/mol. The average molecular weight is 377 g/mol. The lowest BCUT2D eigenvalue weighted by molar-refractivity contribution is -0.121. The van der Waals surface area contributed by atoms with E-state index in [2.05, 4.69) is 41.3 Å². The van der Waals surface area contributed by atoms with Crippen molar-refractivity contribution in [2.75, 3.05) is 0 Å². The van der Waals surface area contributed by atoms with E-state index in [1.54, 1.807) is 6.07 Å². The molecule has 1 heterocycles. The maximum Gasteiger partial charge on any atom is 0.258 e. The highest BCUT2D eigenvalue weighted by Gasteiger charge is 2.24. The number of benzene rings is 2. The lowest BCUT2D eigenvalue weighted by atomic mass is 9.79. The van der Waals surface area contributed by atoms with E-state index in [9.17, 15) is 9.59 Å². The Morgan fingerprint density at radius 2 is 1.79 bits per heavy atom. The van der Waals surface area contributed by atoms with Crippen molar-refractivity contribution >= 4 is 16.8 Å². The second-order valence-electron chi connectivity index (χ2n) is 7.95. The molecule has 0 fully saturated rings. The average Bonchev–Trinajstić information content (AvgIpc) is 2.66. The van der Waals surface area contributed by atoms with E-state index in [1.165, 1.54) is 5.56 Å². The van der Waals surface area contributed by atoms with Gasteiger partial charge in [0.05, 0.1) is 10.9 Å². The van der Waals surface area contributed by atoms with E-state index in [-0.39, 0.29) is 29.3 Å². The Hall–Kier alpha value is -2.95. The number of rotatable bonds is 7. The number of nitrogens with one attached hydrogen (secondary N) is 2. The summed E-state index contributed by atoms with van der Waals surface area (Å²) in [6.07, 6.45) is 1.53. The fourth-order valence-corrected chi connectivity index (χ4v) is 3.66. The van der Waals surface area contributed by atoms with Crippen molar-refractivity contribution in [1.82, 2.24) is 15.3 Å². The molecule has 0 aliphatic heterocycles. The molecule has 146 valence electrons. The SMILES string of the molecule is C[C@H](CC(C)(C)c1ccccc1)NC(=O)CCc1nc2ccccc2c(=O)[nH]1. The van der Waals surface area contributed by atoms with Gasteiger partial charge in [-0.15, -0.1) is 0 Å². The number of aromatic nitrogens is 2. The molecule has 5 nitrogen and oxygen atoms in total. The molecule has 0 saturated carbocycles. The summed E-state index contributed by atoms with van der Waals surface area (Å²) < 4.78 is 0. The summed E-state index contributed by atoms with van der Waals surface area (Å²) in [7, 11) is 0. The first-order valence-electron chi connectivity index (χ1n) is 9.68. The van der Waals surface area contributed by atoms with Crippen LogP contribution < -0.4 is 10.9 Å². The molecule has 1 atom stereocenters. The molecule has 28 heavy (non-hydrogen) atoms. The van der Waals surface area contributed by atoms with Gasteiger partial charge < -0.3 is 10.3 Å². The van der Waals surface area contributed by atoms with Gasteiger partial charge in [0.1, 0.15) is 5.82 Å². The highest BCUT2D eigenvalue weighted by molar-refractivity contribution is 5.78. The van der Waals surface area contributed by atoms with Crippen LogP contribution in [-0.4, -0.2) is 21.9 Å². The summed E-state index contributed by atoms with van der Waals surface area (Å²) in [5.41, 5.74) is 1.71. The van der Waals surface area contributed by atoms with Gasteiger partial charge in [-0.2, -0.15) is 0 Å². The third kappa shape index (κ3) is 4.85. The van der Waals surface area contributed by atoms with Crippen LogP contribution in [0.15, 0.2) is 59.4 Å². The highest BCUT2D eigenvalue weighted by atomic mass is 16.1. The van der Waals surface area contributed by atoms with Gasteiger partial charge in [-0.25, -0.2) is 4.98 Å². The Labute approximate surface area is 165 Å². The van der Waals surface area contributed by atoms with Crippen LogP contribution in [0.3, 0.4) is 0 Å². The lowest BCUT2D eigenvalue weighted by Gasteiger charge is -2.29.